The summed E-state index contributed by atoms with van der Waals surface area (Å²) in [5.41, 5.74) is 0. The average molecular weight is 1150 g/mol. The first-order chi connectivity index (χ1) is 40.5. The van der Waals surface area contributed by atoms with Gasteiger partial charge >= 0.3 is 5.97 Å². The van der Waals surface area contributed by atoms with E-state index in [9.17, 15) is 15.0 Å². The molecule has 0 bridgehead atoms. The monoisotopic (exact) mass is 1150 g/mol. The van der Waals surface area contributed by atoms with Crippen LogP contribution in [0.25, 0.3) is 0 Å². The maximum atomic E-state index is 11.9. The van der Waals surface area contributed by atoms with E-state index in [0.717, 1.165) is 43.4 Å². The lowest BCUT2D eigenvalue weighted by molar-refractivity contribution is -0.146. The van der Waals surface area contributed by atoms with Gasteiger partial charge in [-0.1, -0.05) is 419 Å². The number of ether oxygens (including phenoxy) is 1. The van der Waals surface area contributed by atoms with E-state index in [1.807, 2.05) is 0 Å². The number of hydrogen-bond acceptors (Lipinski definition) is 3. The Morgan fingerprint density at radius 1 is 0.329 bits per heavy atom. The van der Waals surface area contributed by atoms with E-state index >= 15 is 0 Å². The van der Waals surface area contributed by atoms with E-state index in [0.29, 0.717) is 25.0 Å². The Morgan fingerprint density at radius 2 is 0.561 bits per heavy atom. The average Bonchev–Trinajstić information content (AvgIpc) is 4.62. The number of carboxylic acids is 1. The van der Waals surface area contributed by atoms with Gasteiger partial charge in [-0.3, -0.25) is 4.79 Å². The lowest BCUT2D eigenvalue weighted by atomic mass is 9.91. The molecule has 1 saturated heterocycles. The van der Waals surface area contributed by atoms with Gasteiger partial charge in [-0.2, -0.15) is 0 Å². The number of epoxide rings is 1. The summed E-state index contributed by atoms with van der Waals surface area (Å²) in [5, 5.41) is 20.5. The minimum absolute atomic E-state index is 0.582. The Hall–Kier alpha value is -0.610. The zero-order valence-electron chi connectivity index (χ0n) is 56.6. The van der Waals surface area contributed by atoms with Crippen molar-refractivity contribution in [1.82, 2.24) is 0 Å². The van der Waals surface area contributed by atoms with E-state index < -0.39 is 18.0 Å². The molecule has 1 saturated carbocycles. The third-order valence-corrected chi connectivity index (χ3v) is 20.6. The van der Waals surface area contributed by atoms with E-state index in [4.69, 9.17) is 4.74 Å². The molecule has 2 aliphatic rings. The molecule has 2 rings (SSSR count). The van der Waals surface area contributed by atoms with Gasteiger partial charge in [0.15, 0.2) is 0 Å². The van der Waals surface area contributed by atoms with E-state index in [-0.39, 0.29) is 0 Å². The van der Waals surface area contributed by atoms with Crippen molar-refractivity contribution in [1.29, 1.82) is 0 Å². The molecular weight excluding hydrogens is 1000 g/mol. The van der Waals surface area contributed by atoms with Gasteiger partial charge in [0.2, 0.25) is 0 Å². The molecule has 0 aromatic rings. The summed E-state index contributed by atoms with van der Waals surface area (Å²) in [4.78, 5) is 11.9. The SMILES string of the molecule is CCCCCCCCCCCCCCCCCCCCCCC(C(=O)O)C(O)CCCCCCCCCCCCCCCCCCC1CC1CCCCCCCCCCCCC1OC1C(C)CCCCCCCCCCCCCCCC. The van der Waals surface area contributed by atoms with E-state index in [1.165, 1.54) is 385 Å². The van der Waals surface area contributed by atoms with Crippen LogP contribution in [0.3, 0.4) is 0 Å². The van der Waals surface area contributed by atoms with Gasteiger partial charge in [0, 0.05) is 0 Å². The topological polar surface area (TPSA) is 70.1 Å². The molecule has 0 aromatic heterocycles. The molecule has 2 N–H and O–H groups in total. The van der Waals surface area contributed by atoms with E-state index in [1.54, 1.807) is 6.42 Å². The summed E-state index contributed by atoms with van der Waals surface area (Å²) in [5.74, 6) is 1.57. The lowest BCUT2D eigenvalue weighted by Gasteiger charge is -2.19. The minimum Gasteiger partial charge on any atom is -0.481 e. The highest BCUT2D eigenvalue weighted by Crippen LogP contribution is 2.46. The van der Waals surface area contributed by atoms with Crippen LogP contribution in [-0.2, 0) is 9.53 Å². The quantitative estimate of drug-likeness (QED) is 0.0470. The molecule has 4 nitrogen and oxygen atoms in total. The largest absolute Gasteiger partial charge is 0.481 e. The fourth-order valence-electron chi connectivity index (χ4n) is 14.4. The number of hydrogen-bond donors (Lipinski definition) is 2. The molecule has 0 amide bonds. The lowest BCUT2D eigenvalue weighted by Crippen LogP contribution is -2.28. The number of aliphatic hydroxyl groups is 1. The third-order valence-electron chi connectivity index (χ3n) is 20.6. The Balaban J connectivity index is 1.20. The molecule has 82 heavy (non-hydrogen) atoms. The Kier molecular flexibility index (Phi) is 57.3. The summed E-state index contributed by atoms with van der Waals surface area (Å²) in [7, 11) is 0. The van der Waals surface area contributed by atoms with Crippen LogP contribution < -0.4 is 0 Å². The fraction of sp³-hybridized carbons (Fsp3) is 0.987. The summed E-state index contributed by atoms with van der Waals surface area (Å²) in [6, 6.07) is 0. The Morgan fingerprint density at radius 3 is 0.841 bits per heavy atom. The number of aliphatic carboxylic acids is 1. The number of carboxylic acid groups (broad SMARTS) is 1. The highest BCUT2D eigenvalue weighted by Gasteiger charge is 2.41. The van der Waals surface area contributed by atoms with Gasteiger partial charge in [0.25, 0.3) is 0 Å². The molecule has 7 unspecified atom stereocenters. The second kappa shape index (κ2) is 60.7. The van der Waals surface area contributed by atoms with Gasteiger partial charge in [-0.15, -0.1) is 0 Å². The van der Waals surface area contributed by atoms with Gasteiger partial charge in [-0.25, -0.2) is 0 Å². The van der Waals surface area contributed by atoms with Crippen LogP contribution in [0.1, 0.15) is 451 Å². The predicted octanol–water partition coefficient (Wildman–Crippen LogP) is 26.9. The summed E-state index contributed by atoms with van der Waals surface area (Å²) in [6.45, 7) is 7.06. The molecule has 0 aromatic carbocycles. The van der Waals surface area contributed by atoms with Crippen LogP contribution in [0, 0.1) is 23.7 Å². The molecule has 2 fully saturated rings. The zero-order chi connectivity index (χ0) is 58.7. The zero-order valence-corrected chi connectivity index (χ0v) is 56.6. The first-order valence-corrected chi connectivity index (χ1v) is 39.0. The second-order valence-corrected chi connectivity index (χ2v) is 28.6. The second-order valence-electron chi connectivity index (χ2n) is 28.6. The van der Waals surface area contributed by atoms with Crippen LogP contribution in [0.15, 0.2) is 0 Å². The summed E-state index contributed by atoms with van der Waals surface area (Å²) in [6.07, 6.45) is 92.7. The smallest absolute Gasteiger partial charge is 0.309 e. The standard InChI is InChI=1S/C78H152O4/c1-4-6-8-10-12-14-16-18-20-21-22-23-24-28-32-36-43-49-55-61-67-74(78(80)81)75(79)68-62-56-50-44-37-33-29-26-25-27-31-35-41-47-53-59-65-72-70-73(72)66-60-54-48-42-38-39-45-51-57-63-69-76-77(82-76)71(3)64-58-52-46-40-34-30-19-17-15-13-11-9-7-5-2/h71-77,79H,4-70H2,1-3H3,(H,80,81). The van der Waals surface area contributed by atoms with Crippen LogP contribution in [0.4, 0.5) is 0 Å². The third kappa shape index (κ3) is 51.4. The number of carbonyl (C=O) groups is 1. The number of aliphatic hydroxyl groups excluding tert-OH is 1. The number of rotatable bonds is 71. The van der Waals surface area contributed by atoms with Crippen LogP contribution >= 0.6 is 0 Å². The van der Waals surface area contributed by atoms with E-state index in [2.05, 4.69) is 20.8 Å². The molecule has 7 atom stereocenters. The fourth-order valence-corrected chi connectivity index (χ4v) is 14.4. The molecule has 1 aliphatic heterocycles. The Labute approximate surface area is 516 Å². The maximum absolute atomic E-state index is 11.9. The first kappa shape index (κ1) is 77.5. The highest BCUT2D eigenvalue weighted by atomic mass is 16.6. The minimum atomic E-state index is -0.798. The van der Waals surface area contributed by atoms with Crippen molar-refractivity contribution < 1.29 is 19.7 Å². The van der Waals surface area contributed by atoms with Crippen LogP contribution in [-0.4, -0.2) is 34.5 Å². The van der Waals surface area contributed by atoms with Crippen molar-refractivity contribution in [3.63, 3.8) is 0 Å². The normalized spacial score (nSPS) is 17.9. The summed E-state index contributed by atoms with van der Waals surface area (Å²) < 4.78 is 6.14. The van der Waals surface area contributed by atoms with Crippen molar-refractivity contribution in [2.24, 2.45) is 23.7 Å². The van der Waals surface area contributed by atoms with Gasteiger partial charge < -0.3 is 14.9 Å². The van der Waals surface area contributed by atoms with Crippen molar-refractivity contribution in [3.05, 3.63) is 0 Å². The van der Waals surface area contributed by atoms with Crippen LogP contribution in [0.2, 0.25) is 0 Å². The molecule has 1 aliphatic carbocycles. The predicted molar refractivity (Wildman–Crippen MR) is 363 cm³/mol. The van der Waals surface area contributed by atoms with Crippen molar-refractivity contribution in [3.8, 4) is 0 Å². The Bertz CT molecular complexity index is 1270. The van der Waals surface area contributed by atoms with Crippen LogP contribution in [0.5, 0.6) is 0 Å². The molecular formula is C78H152O4. The van der Waals surface area contributed by atoms with Gasteiger partial charge in [0.1, 0.15) is 0 Å². The highest BCUT2D eigenvalue weighted by molar-refractivity contribution is 5.70. The molecule has 0 spiro atoms. The molecule has 0 radical (unpaired) electrons. The number of unbranched alkanes of at least 4 members (excludes halogenated alkanes) is 56. The summed E-state index contributed by atoms with van der Waals surface area (Å²) >= 11 is 0. The van der Waals surface area contributed by atoms with Gasteiger partial charge in [-0.05, 0) is 49.9 Å². The van der Waals surface area contributed by atoms with Gasteiger partial charge in [0.05, 0.1) is 24.2 Å². The molecule has 1 heterocycles. The van der Waals surface area contributed by atoms with Crippen molar-refractivity contribution in [2.45, 2.75) is 469 Å². The molecule has 488 valence electrons. The first-order valence-electron chi connectivity index (χ1n) is 39.0. The molecule has 4 heteroatoms. The maximum Gasteiger partial charge on any atom is 0.309 e. The van der Waals surface area contributed by atoms with Crippen molar-refractivity contribution >= 4 is 5.97 Å². The van der Waals surface area contributed by atoms with Crippen molar-refractivity contribution in [2.75, 3.05) is 0 Å².